The minimum Gasteiger partial charge on any atom is -0.366 e. The molecule has 0 saturated heterocycles. The van der Waals surface area contributed by atoms with Crippen molar-refractivity contribution in [1.29, 1.82) is 0 Å². The smallest absolute Gasteiger partial charge is 0.221 e. The summed E-state index contributed by atoms with van der Waals surface area (Å²) in [6, 6.07) is 12.0. The van der Waals surface area contributed by atoms with Crippen LogP contribution in [0.1, 0.15) is 18.1 Å². The third kappa shape index (κ3) is 4.10. The molecule has 4 heteroatoms. The van der Waals surface area contributed by atoms with Crippen molar-refractivity contribution in [2.45, 2.75) is 20.4 Å². The Morgan fingerprint density at radius 3 is 2.74 bits per heavy atom. The van der Waals surface area contributed by atoms with Crippen molar-refractivity contribution >= 4 is 17.4 Å². The summed E-state index contributed by atoms with van der Waals surface area (Å²) in [6.07, 6.45) is 1.64. The van der Waals surface area contributed by atoms with Crippen LogP contribution in [0.5, 0.6) is 0 Å². The molecule has 0 spiro atoms. The van der Waals surface area contributed by atoms with Crippen LogP contribution in [0, 0.1) is 6.92 Å². The third-order valence-electron chi connectivity index (χ3n) is 2.64. The molecule has 0 aliphatic carbocycles. The number of aryl methyl sites for hydroxylation is 1. The van der Waals surface area contributed by atoms with Gasteiger partial charge in [0.05, 0.1) is 11.9 Å². The van der Waals surface area contributed by atoms with Crippen molar-refractivity contribution in [3.05, 3.63) is 53.7 Å². The van der Waals surface area contributed by atoms with Crippen molar-refractivity contribution in [2.24, 2.45) is 0 Å². The number of nitrogens with one attached hydrogen (secondary N) is 2. The molecule has 0 radical (unpaired) electrons. The molecular weight excluding hydrogens is 238 g/mol. The van der Waals surface area contributed by atoms with Gasteiger partial charge < -0.3 is 10.6 Å². The van der Waals surface area contributed by atoms with E-state index in [0.717, 1.165) is 12.4 Å². The average Bonchev–Trinajstić information content (AvgIpc) is 2.37. The molecule has 0 bridgehead atoms. The highest BCUT2D eigenvalue weighted by Gasteiger charge is 1.98. The Balaban J connectivity index is 1.94. The molecule has 0 fully saturated rings. The van der Waals surface area contributed by atoms with Crippen LogP contribution in [0.4, 0.5) is 11.5 Å². The van der Waals surface area contributed by atoms with Gasteiger partial charge in [-0.15, -0.1) is 0 Å². The van der Waals surface area contributed by atoms with Crippen LogP contribution >= 0.6 is 0 Å². The summed E-state index contributed by atoms with van der Waals surface area (Å²) in [5.41, 5.74) is 3.16. The number of aromatic nitrogens is 1. The normalized spacial score (nSPS) is 10.0. The van der Waals surface area contributed by atoms with Gasteiger partial charge in [-0.25, -0.2) is 4.98 Å². The van der Waals surface area contributed by atoms with E-state index in [1.165, 1.54) is 18.1 Å². The molecule has 0 saturated carbocycles. The first-order chi connectivity index (χ1) is 9.13. The topological polar surface area (TPSA) is 54.0 Å². The van der Waals surface area contributed by atoms with Crippen molar-refractivity contribution in [1.82, 2.24) is 4.98 Å². The van der Waals surface area contributed by atoms with Crippen LogP contribution < -0.4 is 10.6 Å². The fraction of sp³-hybridized carbons (Fsp3) is 0.200. The van der Waals surface area contributed by atoms with Gasteiger partial charge in [0.1, 0.15) is 5.82 Å². The molecule has 1 aromatic heterocycles. The van der Waals surface area contributed by atoms with Gasteiger partial charge in [-0.05, 0) is 24.6 Å². The monoisotopic (exact) mass is 255 g/mol. The summed E-state index contributed by atoms with van der Waals surface area (Å²) in [7, 11) is 0. The minimum atomic E-state index is -0.0951. The summed E-state index contributed by atoms with van der Waals surface area (Å²) in [4.78, 5) is 15.1. The van der Waals surface area contributed by atoms with E-state index in [1.54, 1.807) is 6.20 Å². The second-order valence-electron chi connectivity index (χ2n) is 4.46. The Labute approximate surface area is 112 Å². The summed E-state index contributed by atoms with van der Waals surface area (Å²) in [6.45, 7) is 4.28. The Kier molecular flexibility index (Phi) is 4.13. The maximum atomic E-state index is 10.9. The van der Waals surface area contributed by atoms with Crippen LogP contribution in [0.3, 0.4) is 0 Å². The lowest BCUT2D eigenvalue weighted by Gasteiger charge is -2.07. The standard InChI is InChI=1S/C15H17N3O/c1-11-4-3-5-13(8-11)9-16-15-7-6-14(10-17-15)18-12(2)19/h3-8,10H,9H2,1-2H3,(H,16,17)(H,18,19). The number of benzene rings is 1. The molecule has 1 aromatic carbocycles. The van der Waals surface area contributed by atoms with Crippen LogP contribution in [0.15, 0.2) is 42.6 Å². The maximum Gasteiger partial charge on any atom is 0.221 e. The van der Waals surface area contributed by atoms with Gasteiger partial charge in [0.2, 0.25) is 5.91 Å². The number of nitrogens with zero attached hydrogens (tertiary/aromatic N) is 1. The molecule has 19 heavy (non-hydrogen) atoms. The number of rotatable bonds is 4. The number of carbonyl (C=O) groups excluding carboxylic acids is 1. The zero-order valence-electron chi connectivity index (χ0n) is 11.1. The summed E-state index contributed by atoms with van der Waals surface area (Å²) in [5, 5.41) is 5.93. The number of carbonyl (C=O) groups is 1. The first-order valence-corrected chi connectivity index (χ1v) is 6.16. The Hall–Kier alpha value is -2.36. The predicted molar refractivity (Wildman–Crippen MR) is 77.0 cm³/mol. The molecule has 98 valence electrons. The van der Waals surface area contributed by atoms with E-state index in [9.17, 15) is 4.79 Å². The highest BCUT2D eigenvalue weighted by molar-refractivity contribution is 5.88. The molecule has 0 aliphatic rings. The lowest BCUT2D eigenvalue weighted by molar-refractivity contribution is -0.114. The van der Waals surface area contributed by atoms with Gasteiger partial charge >= 0.3 is 0 Å². The average molecular weight is 255 g/mol. The van der Waals surface area contributed by atoms with E-state index < -0.39 is 0 Å². The van der Waals surface area contributed by atoms with Crippen LogP contribution in [0.25, 0.3) is 0 Å². The van der Waals surface area contributed by atoms with Crippen LogP contribution in [-0.2, 0) is 11.3 Å². The molecule has 2 aromatic rings. The van der Waals surface area contributed by atoms with Crippen molar-refractivity contribution in [3.63, 3.8) is 0 Å². The Bertz CT molecular complexity index is 564. The second-order valence-corrected chi connectivity index (χ2v) is 4.46. The van der Waals surface area contributed by atoms with E-state index in [4.69, 9.17) is 0 Å². The quantitative estimate of drug-likeness (QED) is 0.883. The van der Waals surface area contributed by atoms with E-state index in [2.05, 4.69) is 40.7 Å². The molecule has 2 rings (SSSR count). The van der Waals surface area contributed by atoms with E-state index in [1.807, 2.05) is 18.2 Å². The molecular formula is C15H17N3O. The van der Waals surface area contributed by atoms with Gasteiger partial charge in [0.15, 0.2) is 0 Å². The number of hydrogen-bond donors (Lipinski definition) is 2. The number of amides is 1. The lowest BCUT2D eigenvalue weighted by atomic mass is 10.1. The van der Waals surface area contributed by atoms with Gasteiger partial charge in [-0.3, -0.25) is 4.79 Å². The largest absolute Gasteiger partial charge is 0.366 e. The van der Waals surface area contributed by atoms with Crippen molar-refractivity contribution in [2.75, 3.05) is 10.6 Å². The Morgan fingerprint density at radius 1 is 1.26 bits per heavy atom. The van der Waals surface area contributed by atoms with Crippen LogP contribution in [-0.4, -0.2) is 10.9 Å². The number of anilines is 2. The highest BCUT2D eigenvalue weighted by Crippen LogP contribution is 2.11. The fourth-order valence-corrected chi connectivity index (χ4v) is 1.79. The molecule has 4 nitrogen and oxygen atoms in total. The number of hydrogen-bond acceptors (Lipinski definition) is 3. The fourth-order valence-electron chi connectivity index (χ4n) is 1.79. The molecule has 0 atom stereocenters. The Morgan fingerprint density at radius 2 is 2.11 bits per heavy atom. The van der Waals surface area contributed by atoms with Gasteiger partial charge in [0.25, 0.3) is 0 Å². The molecule has 2 N–H and O–H groups in total. The van der Waals surface area contributed by atoms with Crippen LogP contribution in [0.2, 0.25) is 0 Å². The van der Waals surface area contributed by atoms with Crippen molar-refractivity contribution in [3.8, 4) is 0 Å². The van der Waals surface area contributed by atoms with E-state index in [0.29, 0.717) is 5.69 Å². The van der Waals surface area contributed by atoms with Gasteiger partial charge in [-0.1, -0.05) is 29.8 Å². The van der Waals surface area contributed by atoms with E-state index in [-0.39, 0.29) is 5.91 Å². The third-order valence-corrected chi connectivity index (χ3v) is 2.64. The first-order valence-electron chi connectivity index (χ1n) is 6.16. The number of pyridine rings is 1. The molecule has 0 aliphatic heterocycles. The lowest BCUT2D eigenvalue weighted by Crippen LogP contribution is -2.06. The van der Waals surface area contributed by atoms with Gasteiger partial charge in [-0.2, -0.15) is 0 Å². The summed E-state index contributed by atoms with van der Waals surface area (Å²) < 4.78 is 0. The van der Waals surface area contributed by atoms with E-state index >= 15 is 0 Å². The second kappa shape index (κ2) is 6.00. The minimum absolute atomic E-state index is 0.0951. The highest BCUT2D eigenvalue weighted by atomic mass is 16.1. The zero-order chi connectivity index (χ0) is 13.7. The van der Waals surface area contributed by atoms with Crippen molar-refractivity contribution < 1.29 is 4.79 Å². The van der Waals surface area contributed by atoms with Gasteiger partial charge in [0, 0.05) is 13.5 Å². The predicted octanol–water partition coefficient (Wildman–Crippen LogP) is 2.96. The molecule has 1 heterocycles. The molecule has 1 amide bonds. The SMILES string of the molecule is CC(=O)Nc1ccc(NCc2cccc(C)c2)nc1. The first kappa shape index (κ1) is 13.1. The summed E-state index contributed by atoms with van der Waals surface area (Å²) in [5.74, 6) is 0.692. The molecule has 0 unspecified atom stereocenters. The zero-order valence-corrected chi connectivity index (χ0v) is 11.1. The maximum absolute atomic E-state index is 10.9. The summed E-state index contributed by atoms with van der Waals surface area (Å²) >= 11 is 0.